The lowest BCUT2D eigenvalue weighted by Gasteiger charge is -2.31. The molecule has 0 atom stereocenters. The first-order valence-electron chi connectivity index (χ1n) is 8.61. The van der Waals surface area contributed by atoms with Crippen molar-refractivity contribution in [3.8, 4) is 0 Å². The van der Waals surface area contributed by atoms with Gasteiger partial charge in [-0.05, 0) is 37.1 Å². The molecule has 0 aromatic heterocycles. The molecular weight excluding hydrogens is 355 g/mol. The number of para-hydroxylation sites is 1. The lowest BCUT2D eigenvalue weighted by molar-refractivity contribution is -0.133. The summed E-state index contributed by atoms with van der Waals surface area (Å²) in [7, 11) is 0. The fourth-order valence-electron chi connectivity index (χ4n) is 3.12. The van der Waals surface area contributed by atoms with Crippen LogP contribution in [-0.2, 0) is 16.0 Å². The number of nitrogens with zero attached hydrogens (tertiary/aromatic N) is 1. The fraction of sp³-hybridized carbons (Fsp3) is 0.300. The van der Waals surface area contributed by atoms with Crippen LogP contribution in [0, 0.1) is 11.7 Å². The molecule has 26 heavy (non-hydrogen) atoms. The standard InChI is InChI=1S/C20H20ClFN2O2/c21-17-7-4-8-18(22)16(17)13-19(25)24-11-9-14(10-12-24)20(26)23-15-5-2-1-3-6-15/h1-8,14H,9-13H2,(H,23,26). The highest BCUT2D eigenvalue weighted by atomic mass is 35.5. The zero-order chi connectivity index (χ0) is 18.5. The Morgan fingerprint density at radius 3 is 2.42 bits per heavy atom. The predicted molar refractivity (Wildman–Crippen MR) is 99.5 cm³/mol. The third-order valence-electron chi connectivity index (χ3n) is 4.65. The molecule has 0 spiro atoms. The van der Waals surface area contributed by atoms with Gasteiger partial charge in [0.1, 0.15) is 5.82 Å². The van der Waals surface area contributed by atoms with Crippen LogP contribution >= 0.6 is 11.6 Å². The van der Waals surface area contributed by atoms with Gasteiger partial charge in [0, 0.05) is 35.3 Å². The van der Waals surface area contributed by atoms with Crippen LogP contribution in [0.5, 0.6) is 0 Å². The largest absolute Gasteiger partial charge is 0.342 e. The number of carbonyl (C=O) groups is 2. The average molecular weight is 375 g/mol. The van der Waals surface area contributed by atoms with E-state index < -0.39 is 5.82 Å². The van der Waals surface area contributed by atoms with E-state index in [4.69, 9.17) is 11.6 Å². The molecule has 1 N–H and O–H groups in total. The van der Waals surface area contributed by atoms with Crippen LogP contribution in [-0.4, -0.2) is 29.8 Å². The van der Waals surface area contributed by atoms with Gasteiger partial charge in [0.05, 0.1) is 6.42 Å². The quantitative estimate of drug-likeness (QED) is 0.882. The summed E-state index contributed by atoms with van der Waals surface area (Å²) in [4.78, 5) is 26.5. The van der Waals surface area contributed by atoms with Crippen LogP contribution in [0.4, 0.5) is 10.1 Å². The molecule has 1 heterocycles. The van der Waals surface area contributed by atoms with Crippen LogP contribution in [0.2, 0.25) is 5.02 Å². The molecule has 2 aromatic carbocycles. The van der Waals surface area contributed by atoms with Gasteiger partial charge in [0.2, 0.25) is 11.8 Å². The summed E-state index contributed by atoms with van der Waals surface area (Å²) in [5.41, 5.74) is 0.994. The zero-order valence-corrected chi connectivity index (χ0v) is 15.0. The third kappa shape index (κ3) is 4.41. The summed E-state index contributed by atoms with van der Waals surface area (Å²) in [5.74, 6) is -0.793. The minimum atomic E-state index is -0.469. The van der Waals surface area contributed by atoms with Gasteiger partial charge in [-0.25, -0.2) is 4.39 Å². The van der Waals surface area contributed by atoms with Crippen molar-refractivity contribution in [2.75, 3.05) is 18.4 Å². The van der Waals surface area contributed by atoms with Gasteiger partial charge in [-0.15, -0.1) is 0 Å². The summed E-state index contributed by atoms with van der Waals surface area (Å²) < 4.78 is 13.8. The molecule has 0 unspecified atom stereocenters. The second-order valence-electron chi connectivity index (χ2n) is 6.39. The summed E-state index contributed by atoms with van der Waals surface area (Å²) in [5, 5.41) is 3.16. The van der Waals surface area contributed by atoms with Crippen molar-refractivity contribution in [1.82, 2.24) is 4.90 Å². The summed E-state index contributed by atoms with van der Waals surface area (Å²) in [6.45, 7) is 0.968. The van der Waals surface area contributed by atoms with Crippen LogP contribution in [0.1, 0.15) is 18.4 Å². The van der Waals surface area contributed by atoms with Crippen LogP contribution in [0.3, 0.4) is 0 Å². The van der Waals surface area contributed by atoms with Gasteiger partial charge >= 0.3 is 0 Å². The number of hydrogen-bond acceptors (Lipinski definition) is 2. The Kier molecular flexibility index (Phi) is 5.89. The van der Waals surface area contributed by atoms with Crippen LogP contribution in [0.15, 0.2) is 48.5 Å². The normalized spacial score (nSPS) is 14.9. The van der Waals surface area contributed by atoms with Gasteiger partial charge in [-0.3, -0.25) is 9.59 Å². The summed E-state index contributed by atoms with van der Waals surface area (Å²) >= 11 is 5.99. The van der Waals surface area contributed by atoms with Crippen molar-refractivity contribution in [2.45, 2.75) is 19.3 Å². The van der Waals surface area contributed by atoms with E-state index in [0.717, 1.165) is 5.69 Å². The van der Waals surface area contributed by atoms with E-state index in [1.807, 2.05) is 30.3 Å². The summed E-state index contributed by atoms with van der Waals surface area (Å²) in [6, 6.07) is 13.7. The number of piperidine rings is 1. The highest BCUT2D eigenvalue weighted by Crippen LogP contribution is 2.23. The maximum absolute atomic E-state index is 13.8. The Morgan fingerprint density at radius 1 is 1.08 bits per heavy atom. The van der Waals surface area contributed by atoms with Gasteiger partial charge in [-0.1, -0.05) is 35.9 Å². The van der Waals surface area contributed by atoms with E-state index in [1.165, 1.54) is 12.1 Å². The first kappa shape index (κ1) is 18.4. The van der Waals surface area contributed by atoms with E-state index in [9.17, 15) is 14.0 Å². The maximum atomic E-state index is 13.8. The van der Waals surface area contributed by atoms with Crippen LogP contribution in [0.25, 0.3) is 0 Å². The molecule has 1 fully saturated rings. The van der Waals surface area contributed by atoms with Crippen molar-refractivity contribution >= 4 is 29.1 Å². The van der Waals surface area contributed by atoms with E-state index in [-0.39, 0.29) is 34.7 Å². The van der Waals surface area contributed by atoms with Crippen molar-refractivity contribution in [3.63, 3.8) is 0 Å². The topological polar surface area (TPSA) is 49.4 Å². The number of nitrogens with one attached hydrogen (secondary N) is 1. The lowest BCUT2D eigenvalue weighted by Crippen LogP contribution is -2.42. The second-order valence-corrected chi connectivity index (χ2v) is 6.79. The molecule has 1 aliphatic heterocycles. The zero-order valence-electron chi connectivity index (χ0n) is 14.3. The number of hydrogen-bond donors (Lipinski definition) is 1. The molecule has 0 saturated carbocycles. The minimum Gasteiger partial charge on any atom is -0.342 e. The molecule has 2 amide bonds. The fourth-order valence-corrected chi connectivity index (χ4v) is 3.35. The molecule has 1 aliphatic rings. The predicted octanol–water partition coefficient (Wildman–Crippen LogP) is 3.90. The maximum Gasteiger partial charge on any atom is 0.227 e. The van der Waals surface area contributed by atoms with Gasteiger partial charge < -0.3 is 10.2 Å². The van der Waals surface area contributed by atoms with Crippen molar-refractivity contribution < 1.29 is 14.0 Å². The monoisotopic (exact) mass is 374 g/mol. The van der Waals surface area contributed by atoms with Gasteiger partial charge in [-0.2, -0.15) is 0 Å². The number of anilines is 1. The van der Waals surface area contributed by atoms with E-state index in [2.05, 4.69) is 5.32 Å². The van der Waals surface area contributed by atoms with Gasteiger partial charge in [0.25, 0.3) is 0 Å². The first-order chi connectivity index (χ1) is 12.5. The lowest BCUT2D eigenvalue weighted by atomic mass is 9.95. The third-order valence-corrected chi connectivity index (χ3v) is 5.00. The second kappa shape index (κ2) is 8.32. The highest BCUT2D eigenvalue weighted by Gasteiger charge is 2.28. The molecule has 0 bridgehead atoms. The average Bonchev–Trinajstić information content (AvgIpc) is 2.65. The number of rotatable bonds is 4. The number of carbonyl (C=O) groups excluding carboxylic acids is 2. The minimum absolute atomic E-state index is 0.0274. The molecule has 4 nitrogen and oxygen atoms in total. The molecule has 2 aromatic rings. The Morgan fingerprint density at radius 2 is 1.77 bits per heavy atom. The Hall–Kier alpha value is -2.40. The summed E-state index contributed by atoms with van der Waals surface area (Å²) in [6.07, 6.45) is 1.12. The first-order valence-corrected chi connectivity index (χ1v) is 8.99. The molecule has 136 valence electrons. The van der Waals surface area contributed by atoms with Crippen LogP contribution < -0.4 is 5.32 Å². The number of likely N-dealkylation sites (tertiary alicyclic amines) is 1. The Bertz CT molecular complexity index is 769. The van der Waals surface area contributed by atoms with E-state index in [0.29, 0.717) is 25.9 Å². The number of benzene rings is 2. The van der Waals surface area contributed by atoms with Crippen molar-refractivity contribution in [1.29, 1.82) is 0 Å². The molecule has 1 saturated heterocycles. The van der Waals surface area contributed by atoms with E-state index in [1.54, 1.807) is 11.0 Å². The molecule has 3 rings (SSSR count). The number of amides is 2. The molecule has 6 heteroatoms. The molecular formula is C20H20ClFN2O2. The van der Waals surface area contributed by atoms with Crippen molar-refractivity contribution in [2.24, 2.45) is 5.92 Å². The SMILES string of the molecule is O=C(Nc1ccccc1)C1CCN(C(=O)Cc2c(F)cccc2Cl)CC1. The van der Waals surface area contributed by atoms with Gasteiger partial charge in [0.15, 0.2) is 0 Å². The smallest absolute Gasteiger partial charge is 0.227 e. The van der Waals surface area contributed by atoms with E-state index >= 15 is 0 Å². The molecule has 0 aliphatic carbocycles. The number of halogens is 2. The highest BCUT2D eigenvalue weighted by molar-refractivity contribution is 6.31. The Balaban J connectivity index is 1.53. The Labute approximate surface area is 157 Å². The van der Waals surface area contributed by atoms with Crippen molar-refractivity contribution in [3.05, 3.63) is 64.9 Å². The molecule has 0 radical (unpaired) electrons.